The second-order valence-corrected chi connectivity index (χ2v) is 4.40. The van der Waals surface area contributed by atoms with Crippen molar-refractivity contribution >= 4 is 23.0 Å². The summed E-state index contributed by atoms with van der Waals surface area (Å²) in [5, 5.41) is 17.4. The van der Waals surface area contributed by atoms with Gasteiger partial charge in [-0.3, -0.25) is 10.1 Å². The first kappa shape index (κ1) is 13.7. The molecule has 0 aliphatic carbocycles. The van der Waals surface area contributed by atoms with Gasteiger partial charge in [-0.2, -0.15) is 0 Å². The molecule has 0 saturated heterocycles. The Morgan fingerprint density at radius 1 is 1.47 bits per heavy atom. The van der Waals surface area contributed by atoms with Gasteiger partial charge >= 0.3 is 0 Å². The van der Waals surface area contributed by atoms with E-state index in [1.165, 1.54) is 12.1 Å². The molecule has 0 spiro atoms. The molecule has 0 amide bonds. The van der Waals surface area contributed by atoms with Gasteiger partial charge in [-0.15, -0.1) is 0 Å². The third-order valence-corrected chi connectivity index (χ3v) is 2.58. The number of nitrogens with one attached hydrogen (secondary N) is 2. The van der Waals surface area contributed by atoms with Crippen molar-refractivity contribution < 1.29 is 4.92 Å². The minimum absolute atomic E-state index is 0.0473. The van der Waals surface area contributed by atoms with Crippen molar-refractivity contribution in [2.24, 2.45) is 5.92 Å². The van der Waals surface area contributed by atoms with Crippen LogP contribution in [0.2, 0.25) is 5.02 Å². The maximum Gasteiger partial charge on any atom is 0.292 e. The first-order valence-electron chi connectivity index (χ1n) is 5.37. The van der Waals surface area contributed by atoms with E-state index >= 15 is 0 Å². The van der Waals surface area contributed by atoms with E-state index in [4.69, 9.17) is 11.6 Å². The highest BCUT2D eigenvalue weighted by Gasteiger charge is 2.14. The summed E-state index contributed by atoms with van der Waals surface area (Å²) in [6, 6.07) is 4.50. The number of hydrogen-bond acceptors (Lipinski definition) is 4. The molecule has 2 N–H and O–H groups in total. The highest BCUT2D eigenvalue weighted by atomic mass is 35.5. The molecule has 0 saturated carbocycles. The fraction of sp³-hybridized carbons (Fsp3) is 0.455. The second-order valence-electron chi connectivity index (χ2n) is 3.96. The smallest absolute Gasteiger partial charge is 0.292 e. The SMILES string of the molecule is CNCC(C)CNc1cc(Cl)ccc1[N+](=O)[O-]. The van der Waals surface area contributed by atoms with Crippen LogP contribution in [0, 0.1) is 16.0 Å². The highest BCUT2D eigenvalue weighted by Crippen LogP contribution is 2.27. The van der Waals surface area contributed by atoms with E-state index in [0.717, 1.165) is 6.54 Å². The Hall–Kier alpha value is -1.33. The predicted molar refractivity (Wildman–Crippen MR) is 69.7 cm³/mol. The minimum Gasteiger partial charge on any atom is -0.379 e. The van der Waals surface area contributed by atoms with Gasteiger partial charge in [0.2, 0.25) is 0 Å². The van der Waals surface area contributed by atoms with Gasteiger partial charge < -0.3 is 10.6 Å². The van der Waals surface area contributed by atoms with Crippen LogP contribution in [0.5, 0.6) is 0 Å². The molecule has 0 aliphatic heterocycles. The average Bonchev–Trinajstić information content (AvgIpc) is 2.26. The zero-order valence-corrected chi connectivity index (χ0v) is 10.6. The highest BCUT2D eigenvalue weighted by molar-refractivity contribution is 6.31. The fourth-order valence-corrected chi connectivity index (χ4v) is 1.69. The van der Waals surface area contributed by atoms with Gasteiger partial charge in [-0.05, 0) is 31.6 Å². The number of halogens is 1. The van der Waals surface area contributed by atoms with Gasteiger partial charge in [-0.25, -0.2) is 0 Å². The predicted octanol–water partition coefficient (Wildman–Crippen LogP) is 2.52. The van der Waals surface area contributed by atoms with E-state index in [2.05, 4.69) is 17.6 Å². The first-order chi connectivity index (χ1) is 8.04. The summed E-state index contributed by atoms with van der Waals surface area (Å²) in [5.74, 6) is 0.374. The lowest BCUT2D eigenvalue weighted by Gasteiger charge is -2.13. The summed E-state index contributed by atoms with van der Waals surface area (Å²) < 4.78 is 0. The monoisotopic (exact) mass is 257 g/mol. The van der Waals surface area contributed by atoms with Gasteiger partial charge in [-0.1, -0.05) is 18.5 Å². The van der Waals surface area contributed by atoms with Crippen molar-refractivity contribution in [2.75, 3.05) is 25.5 Å². The van der Waals surface area contributed by atoms with E-state index in [0.29, 0.717) is 23.2 Å². The van der Waals surface area contributed by atoms with Crippen LogP contribution in [0.25, 0.3) is 0 Å². The molecule has 0 aliphatic rings. The van der Waals surface area contributed by atoms with Gasteiger partial charge in [0.15, 0.2) is 0 Å². The molecule has 1 unspecified atom stereocenters. The topological polar surface area (TPSA) is 67.2 Å². The Bertz CT molecular complexity index is 398. The normalized spacial score (nSPS) is 12.2. The maximum atomic E-state index is 10.8. The van der Waals surface area contributed by atoms with Crippen LogP contribution in [0.1, 0.15) is 6.92 Å². The van der Waals surface area contributed by atoms with Crippen LogP contribution in [-0.4, -0.2) is 25.1 Å². The van der Waals surface area contributed by atoms with Crippen molar-refractivity contribution in [3.8, 4) is 0 Å². The molecule has 0 radical (unpaired) electrons. The van der Waals surface area contributed by atoms with Gasteiger partial charge in [0, 0.05) is 17.6 Å². The molecule has 0 bridgehead atoms. The van der Waals surface area contributed by atoms with Crippen molar-refractivity contribution in [1.29, 1.82) is 0 Å². The van der Waals surface area contributed by atoms with Crippen LogP contribution >= 0.6 is 11.6 Å². The molecule has 1 aromatic carbocycles. The largest absolute Gasteiger partial charge is 0.379 e. The summed E-state index contributed by atoms with van der Waals surface area (Å²) in [4.78, 5) is 10.4. The number of hydrogen-bond donors (Lipinski definition) is 2. The summed E-state index contributed by atoms with van der Waals surface area (Å²) in [7, 11) is 1.87. The lowest BCUT2D eigenvalue weighted by molar-refractivity contribution is -0.384. The van der Waals surface area contributed by atoms with Crippen LogP contribution < -0.4 is 10.6 Å². The lowest BCUT2D eigenvalue weighted by Crippen LogP contribution is -2.23. The molecule has 0 aromatic heterocycles. The van der Waals surface area contributed by atoms with Crippen molar-refractivity contribution in [1.82, 2.24) is 5.32 Å². The Morgan fingerprint density at radius 2 is 2.18 bits per heavy atom. The zero-order chi connectivity index (χ0) is 12.8. The van der Waals surface area contributed by atoms with Crippen LogP contribution in [0.3, 0.4) is 0 Å². The summed E-state index contributed by atoms with van der Waals surface area (Å²) >= 11 is 5.82. The number of anilines is 1. The number of nitro benzene ring substituents is 1. The average molecular weight is 258 g/mol. The zero-order valence-electron chi connectivity index (χ0n) is 9.87. The molecule has 1 atom stereocenters. The Labute approximate surface area is 105 Å². The first-order valence-corrected chi connectivity index (χ1v) is 5.74. The third-order valence-electron chi connectivity index (χ3n) is 2.35. The number of nitrogens with zero attached hydrogens (tertiary/aromatic N) is 1. The van der Waals surface area contributed by atoms with Gasteiger partial charge in [0.05, 0.1) is 4.92 Å². The van der Waals surface area contributed by atoms with E-state index in [1.54, 1.807) is 6.07 Å². The summed E-state index contributed by atoms with van der Waals surface area (Å²) in [6.45, 7) is 3.56. The second kappa shape index (κ2) is 6.42. The Balaban J connectivity index is 2.75. The molecule has 6 heteroatoms. The standard InChI is InChI=1S/C11H16ClN3O2/c1-8(6-13-2)7-14-10-5-9(12)3-4-11(10)15(16)17/h3-5,8,13-14H,6-7H2,1-2H3. The van der Waals surface area contributed by atoms with Crippen LogP contribution in [0.4, 0.5) is 11.4 Å². The van der Waals surface area contributed by atoms with E-state index in [9.17, 15) is 10.1 Å². The number of nitro groups is 1. The van der Waals surface area contributed by atoms with E-state index in [1.807, 2.05) is 7.05 Å². The number of benzene rings is 1. The van der Waals surface area contributed by atoms with Crippen LogP contribution in [0.15, 0.2) is 18.2 Å². The molecular weight excluding hydrogens is 242 g/mol. The quantitative estimate of drug-likeness (QED) is 0.607. The molecule has 0 fully saturated rings. The molecular formula is C11H16ClN3O2. The number of rotatable bonds is 6. The van der Waals surface area contributed by atoms with E-state index in [-0.39, 0.29) is 5.69 Å². The van der Waals surface area contributed by atoms with Crippen LogP contribution in [-0.2, 0) is 0 Å². The van der Waals surface area contributed by atoms with Crippen molar-refractivity contribution in [3.63, 3.8) is 0 Å². The molecule has 94 valence electrons. The van der Waals surface area contributed by atoms with Gasteiger partial charge in [0.1, 0.15) is 5.69 Å². The van der Waals surface area contributed by atoms with Crippen molar-refractivity contribution in [2.45, 2.75) is 6.92 Å². The molecule has 1 aromatic rings. The molecule has 0 heterocycles. The molecule has 5 nitrogen and oxygen atoms in total. The molecule has 17 heavy (non-hydrogen) atoms. The van der Waals surface area contributed by atoms with Gasteiger partial charge in [0.25, 0.3) is 5.69 Å². The van der Waals surface area contributed by atoms with Crippen molar-refractivity contribution in [3.05, 3.63) is 33.3 Å². The Morgan fingerprint density at radius 3 is 2.76 bits per heavy atom. The minimum atomic E-state index is -0.415. The maximum absolute atomic E-state index is 10.8. The Kier molecular flexibility index (Phi) is 5.18. The van der Waals surface area contributed by atoms with E-state index < -0.39 is 4.92 Å². The molecule has 1 rings (SSSR count). The fourth-order valence-electron chi connectivity index (χ4n) is 1.51. The third kappa shape index (κ3) is 4.20. The lowest BCUT2D eigenvalue weighted by atomic mass is 10.1. The summed E-state index contributed by atoms with van der Waals surface area (Å²) in [6.07, 6.45) is 0. The summed E-state index contributed by atoms with van der Waals surface area (Å²) in [5.41, 5.74) is 0.511.